The summed E-state index contributed by atoms with van der Waals surface area (Å²) >= 11 is 0. The van der Waals surface area contributed by atoms with Crippen molar-refractivity contribution < 1.29 is 574 Å². The third-order valence-electron chi connectivity index (χ3n) is 0. The molecule has 340 valence electrons. The van der Waals surface area contributed by atoms with E-state index >= 15 is 0 Å². The zero-order valence-electron chi connectivity index (χ0n) is 45.9. The van der Waals surface area contributed by atoms with Crippen LogP contribution < -0.4 is 0 Å². The fourth-order valence-electron chi connectivity index (χ4n) is 0. The van der Waals surface area contributed by atoms with Gasteiger partial charge >= 0.3 is 300 Å². The summed E-state index contributed by atoms with van der Waals surface area (Å²) < 4.78 is 0. The van der Waals surface area contributed by atoms with Gasteiger partial charge in [0.2, 0.25) is 0 Å². The summed E-state index contributed by atoms with van der Waals surface area (Å²) in [4.78, 5) is 0. The minimum atomic E-state index is 0. The van der Waals surface area contributed by atoms with Crippen molar-refractivity contribution in [2.45, 2.75) is 0 Å². The Morgan fingerprint density at radius 3 is 0.0889 bits per heavy atom. The van der Waals surface area contributed by atoms with Crippen LogP contribution >= 0.6 is 0 Å². The van der Waals surface area contributed by atoms with Gasteiger partial charge in [-0.05, 0) is 0 Å². The van der Waals surface area contributed by atoms with E-state index in [1.54, 1.807) is 0 Å². The molecule has 0 rings (SSSR count). The Morgan fingerprint density at radius 2 is 0.0889 bits per heavy atom. The molecule has 0 aromatic rings. The van der Waals surface area contributed by atoms with Crippen molar-refractivity contribution >= 4 is 300 Å². The Hall–Kier alpha value is 26.2. The van der Waals surface area contributed by atoms with Gasteiger partial charge in [0, 0.05) is 537 Å². The first-order valence-corrected chi connectivity index (χ1v) is 0. The van der Waals surface area contributed by atoms with E-state index < -0.39 is 0 Å². The molecule has 0 N–H and O–H groups in total. The molecule has 0 spiro atoms. The molecule has 0 aliphatic heterocycles. The first-order valence-electron chi connectivity index (χ1n) is 0. The fraction of sp³-hybridized carbons (Fsp3) is 0. The van der Waals surface area contributed by atoms with Gasteiger partial charge in [0.05, 0.1) is 0 Å². The van der Waals surface area contributed by atoms with E-state index in [1.807, 2.05) is 0 Å². The molecule has 0 aromatic heterocycles. The minimum Gasteiger partial charge on any atom is -1.00 e. The van der Waals surface area contributed by atoms with E-state index in [9.17, 15) is 0 Å². The molecule has 0 atom stereocenters. The number of hydrogen-bond donors (Lipinski definition) is 0. The van der Waals surface area contributed by atoms with Crippen LogP contribution in [0.4, 0.5) is 0 Å². The summed E-state index contributed by atoms with van der Waals surface area (Å²) in [5.41, 5.74) is 0. The van der Waals surface area contributed by atoms with Crippen LogP contribution in [-0.4, -0.2) is 300 Å². The molecule has 45 heteroatoms. The van der Waals surface area contributed by atoms with Gasteiger partial charge in [-0.3, -0.25) is 0 Å². The van der Waals surface area contributed by atoms with Gasteiger partial charge in [0.25, 0.3) is 0 Å². The third-order valence-corrected chi connectivity index (χ3v) is 0. The predicted octanol–water partition coefficient (Wildman–Crippen LogP) is -2.11. The Bertz CT molecular complexity index is 138. The standard InChI is InChI=1S/16Fe.13Mg.16Ni.26H/q;;;;;;;;;;;;;;;;13*+2;;;;;;;;;;;;;;;;;26*-1. The topological polar surface area (TPSA) is 0 Å². The van der Waals surface area contributed by atoms with E-state index in [2.05, 4.69) is 0 Å². The number of rotatable bonds is 0. The maximum absolute atomic E-state index is 0. The van der Waals surface area contributed by atoms with Crippen LogP contribution in [0, 0.1) is 0 Å². The van der Waals surface area contributed by atoms with Crippen LogP contribution in [0.5, 0.6) is 0 Å². The van der Waals surface area contributed by atoms with Gasteiger partial charge in [-0.2, -0.15) is 0 Å². The summed E-state index contributed by atoms with van der Waals surface area (Å²) in [7, 11) is 0. The second-order valence-corrected chi connectivity index (χ2v) is 0. The molecular formula is H26Fe16Mg13Ni16. The largest absolute Gasteiger partial charge is 2.00 e. The second-order valence-electron chi connectivity index (χ2n) is 0. The van der Waals surface area contributed by atoms with Gasteiger partial charge in [0.1, 0.15) is 0 Å². The van der Waals surface area contributed by atoms with Crippen LogP contribution in [-0.2, 0) is 537 Å². The fourth-order valence-corrected chi connectivity index (χ4v) is 0. The minimum absolute atomic E-state index is 0. The van der Waals surface area contributed by atoms with Crippen LogP contribution in [0.25, 0.3) is 0 Å². The average Bonchev–Trinajstić information content (AvgIpc) is 0. The smallest absolute Gasteiger partial charge is 1.00 e. The summed E-state index contributed by atoms with van der Waals surface area (Å²) in [6, 6.07) is 0. The quantitative estimate of drug-likeness (QED) is 0.245. The zero-order valence-corrected chi connectivity index (χ0v) is 71.8. The van der Waals surface area contributed by atoms with Crippen molar-refractivity contribution in [3.8, 4) is 0 Å². The van der Waals surface area contributed by atoms with Crippen LogP contribution in [0.1, 0.15) is 37.1 Å². The van der Waals surface area contributed by atoms with Gasteiger partial charge in [-0.25, -0.2) is 0 Å². The summed E-state index contributed by atoms with van der Waals surface area (Å²) in [5, 5.41) is 0. The Morgan fingerprint density at radius 1 is 0.0889 bits per heavy atom. The van der Waals surface area contributed by atoms with E-state index in [-0.39, 0.29) is 874 Å². The Balaban J connectivity index is 0. The summed E-state index contributed by atoms with van der Waals surface area (Å²) in [6.07, 6.45) is 0. The van der Waals surface area contributed by atoms with Crippen LogP contribution in [0.2, 0.25) is 0 Å². The average molecular weight is 2170 g/mol. The third kappa shape index (κ3) is 476. The Kier molecular flexibility index (Phi) is 5570. The van der Waals surface area contributed by atoms with Gasteiger partial charge in [0.15, 0.2) is 0 Å². The van der Waals surface area contributed by atoms with E-state index in [1.165, 1.54) is 0 Å². The van der Waals surface area contributed by atoms with Crippen molar-refractivity contribution in [2.75, 3.05) is 0 Å². The van der Waals surface area contributed by atoms with E-state index in [4.69, 9.17) is 0 Å². The monoisotopic (exact) mass is 2160 g/mol. The molecule has 0 fully saturated rings. The van der Waals surface area contributed by atoms with Crippen molar-refractivity contribution in [1.82, 2.24) is 0 Å². The molecule has 0 aromatic carbocycles. The maximum atomic E-state index is 0. The molecule has 0 aliphatic carbocycles. The van der Waals surface area contributed by atoms with Gasteiger partial charge in [-0.1, -0.05) is 0 Å². The summed E-state index contributed by atoms with van der Waals surface area (Å²) in [5.74, 6) is 0. The summed E-state index contributed by atoms with van der Waals surface area (Å²) in [6.45, 7) is 0. The van der Waals surface area contributed by atoms with E-state index in [0.717, 1.165) is 0 Å². The molecule has 0 radical (unpaired) electrons. The van der Waals surface area contributed by atoms with Crippen molar-refractivity contribution in [3.05, 3.63) is 0 Å². The molecule has 45 heavy (non-hydrogen) atoms. The molecule has 0 heterocycles. The Labute approximate surface area is 852 Å². The maximum Gasteiger partial charge on any atom is 2.00 e. The van der Waals surface area contributed by atoms with Crippen LogP contribution in [0.15, 0.2) is 0 Å². The second kappa shape index (κ2) is 490. The molecule has 0 bridgehead atoms. The van der Waals surface area contributed by atoms with E-state index in [0.29, 0.717) is 0 Å². The van der Waals surface area contributed by atoms with Gasteiger partial charge < -0.3 is 37.1 Å². The van der Waals surface area contributed by atoms with Crippen LogP contribution in [0.3, 0.4) is 0 Å². The van der Waals surface area contributed by atoms with Crippen molar-refractivity contribution in [1.29, 1.82) is 0 Å². The molecule has 0 aliphatic rings. The molecule has 0 amide bonds. The molecule has 0 unspecified atom stereocenters. The van der Waals surface area contributed by atoms with Crippen molar-refractivity contribution in [2.24, 2.45) is 0 Å². The first-order chi connectivity index (χ1) is 0. The molecular weight excluding hydrogens is 2150 g/mol. The first kappa shape index (κ1) is 512. The zero-order chi connectivity index (χ0) is 0. The number of hydrogen-bond acceptors (Lipinski definition) is 0. The molecule has 0 saturated carbocycles. The molecule has 0 nitrogen and oxygen atoms in total. The van der Waals surface area contributed by atoms with Crippen molar-refractivity contribution in [3.63, 3.8) is 0 Å². The van der Waals surface area contributed by atoms with Gasteiger partial charge in [-0.15, -0.1) is 0 Å². The molecule has 0 saturated heterocycles. The SMILES string of the molecule is [Fe].[Fe].[Fe].[Fe].[Fe].[Fe].[Fe].[Fe].[Fe].[Fe].[Fe].[Fe].[Fe].[Fe].[Fe].[Fe].[H-].[H-].[H-].[H-].[H-].[H-].[H-].[H-].[H-].[H-].[H-].[H-].[H-].[H-].[H-].[H-].[H-].[H-].[H-].[H-].[H-].[H-].[H-].[H-].[H-].[H-].[Mg+2].[Mg+2].[Mg+2].[Mg+2].[Mg+2].[Mg+2].[Mg+2].[Mg+2].[Mg+2].[Mg+2].[Mg+2].[Mg+2].[Mg+2].[Ni].[Ni].[Ni].[Ni].[Ni].[Ni].[Ni].[Ni].[Ni].[Ni].[Ni].[Ni].[Ni].[Ni].[Ni].[Ni]. The predicted molar refractivity (Wildman–Crippen MR) is 104 cm³/mol. The normalized spacial score (nSPS) is 0.